The molecule has 5 nitrogen and oxygen atoms in total. The zero-order chi connectivity index (χ0) is 16.5. The van der Waals surface area contributed by atoms with Crippen LogP contribution in [0.15, 0.2) is 29.4 Å². The van der Waals surface area contributed by atoms with Crippen LogP contribution in [0.2, 0.25) is 0 Å². The van der Waals surface area contributed by atoms with Crippen molar-refractivity contribution in [1.82, 2.24) is 10.7 Å². The fourth-order valence-corrected chi connectivity index (χ4v) is 2.78. The molecule has 1 fully saturated rings. The van der Waals surface area contributed by atoms with Crippen molar-refractivity contribution in [2.75, 3.05) is 6.61 Å². The summed E-state index contributed by atoms with van der Waals surface area (Å²) in [6, 6.07) is 9.87. The lowest BCUT2D eigenvalue weighted by Crippen LogP contribution is -2.41. The number of nitrogens with one attached hydrogen (secondary N) is 2. The van der Waals surface area contributed by atoms with Crippen molar-refractivity contribution < 1.29 is 4.74 Å². The third kappa shape index (κ3) is 5.87. The largest absolute Gasteiger partial charge is 0.479 e. The maximum Gasteiger partial charge on any atom is 0.187 e. The van der Waals surface area contributed by atoms with E-state index < -0.39 is 0 Å². The Bertz CT molecular complexity index is 586. The van der Waals surface area contributed by atoms with Gasteiger partial charge in [-0.2, -0.15) is 10.4 Å². The highest BCUT2D eigenvalue weighted by Gasteiger charge is 2.13. The van der Waals surface area contributed by atoms with Crippen molar-refractivity contribution in [2.45, 2.75) is 45.1 Å². The maximum absolute atomic E-state index is 8.49. The van der Waals surface area contributed by atoms with Crippen LogP contribution in [-0.4, -0.2) is 23.5 Å². The minimum absolute atomic E-state index is 0.0507. The van der Waals surface area contributed by atoms with Crippen LogP contribution in [0.3, 0.4) is 0 Å². The van der Waals surface area contributed by atoms with Crippen LogP contribution < -0.4 is 15.5 Å². The lowest BCUT2D eigenvalue weighted by Gasteiger charge is -2.23. The molecular weight excluding hydrogens is 308 g/mol. The van der Waals surface area contributed by atoms with Crippen LogP contribution in [0.5, 0.6) is 5.75 Å². The first-order valence-corrected chi connectivity index (χ1v) is 8.31. The second kappa shape index (κ2) is 9.11. The lowest BCUT2D eigenvalue weighted by molar-refractivity contribution is 0.368. The highest BCUT2D eigenvalue weighted by Crippen LogP contribution is 2.17. The first-order chi connectivity index (χ1) is 11.2. The predicted octanol–water partition coefficient (Wildman–Crippen LogP) is 3.11. The van der Waals surface area contributed by atoms with Crippen molar-refractivity contribution in [3.05, 3.63) is 29.8 Å². The summed E-state index contributed by atoms with van der Waals surface area (Å²) in [5, 5.41) is 16.7. The average molecular weight is 330 g/mol. The molecule has 1 aliphatic rings. The van der Waals surface area contributed by atoms with E-state index in [0.717, 1.165) is 11.3 Å². The van der Waals surface area contributed by atoms with E-state index in [1.54, 1.807) is 0 Å². The molecule has 6 heteroatoms. The second-order valence-electron chi connectivity index (χ2n) is 5.59. The van der Waals surface area contributed by atoms with Crippen molar-refractivity contribution in [2.24, 2.45) is 5.10 Å². The molecule has 2 N–H and O–H groups in total. The standard InChI is InChI=1S/C17H22N4OS/c1-13(14-7-9-16(10-8-14)22-12-11-18)20-21-17(23)19-15-5-3-2-4-6-15/h7-10,15H,2-6,12H2,1H3,(H2,19,21,23)/b20-13-. The molecule has 1 aromatic carbocycles. The van der Waals surface area contributed by atoms with Crippen molar-refractivity contribution in [1.29, 1.82) is 5.26 Å². The summed E-state index contributed by atoms with van der Waals surface area (Å²) in [7, 11) is 0. The number of rotatable bonds is 5. The number of hydrogen-bond acceptors (Lipinski definition) is 4. The zero-order valence-corrected chi connectivity index (χ0v) is 14.2. The molecule has 0 amide bonds. The maximum atomic E-state index is 8.49. The van der Waals surface area contributed by atoms with Crippen LogP contribution in [0.4, 0.5) is 0 Å². The molecule has 0 atom stereocenters. The van der Waals surface area contributed by atoms with Gasteiger partial charge in [-0.25, -0.2) is 0 Å². The minimum Gasteiger partial charge on any atom is -0.479 e. The monoisotopic (exact) mass is 330 g/mol. The fraction of sp³-hybridized carbons (Fsp3) is 0.471. The first kappa shape index (κ1) is 17.2. The van der Waals surface area contributed by atoms with E-state index in [4.69, 9.17) is 22.2 Å². The molecule has 1 saturated carbocycles. The van der Waals surface area contributed by atoms with Gasteiger partial charge in [0.25, 0.3) is 0 Å². The van der Waals surface area contributed by atoms with Gasteiger partial charge in [-0.15, -0.1) is 0 Å². The van der Waals surface area contributed by atoms with Gasteiger partial charge in [-0.3, -0.25) is 5.43 Å². The van der Waals surface area contributed by atoms with Gasteiger partial charge in [0.15, 0.2) is 11.7 Å². The summed E-state index contributed by atoms with van der Waals surface area (Å²) in [5.41, 5.74) is 4.72. The molecule has 1 aliphatic carbocycles. The van der Waals surface area contributed by atoms with Gasteiger partial charge < -0.3 is 10.1 Å². The summed E-state index contributed by atoms with van der Waals surface area (Å²) < 4.78 is 5.23. The summed E-state index contributed by atoms with van der Waals surface area (Å²) in [6.07, 6.45) is 6.21. The predicted molar refractivity (Wildman–Crippen MR) is 95.5 cm³/mol. The second-order valence-corrected chi connectivity index (χ2v) is 6.00. The van der Waals surface area contributed by atoms with Gasteiger partial charge in [0.1, 0.15) is 11.8 Å². The Labute approximate surface area is 142 Å². The summed E-state index contributed by atoms with van der Waals surface area (Å²) in [4.78, 5) is 0. The Morgan fingerprint density at radius 2 is 2.00 bits per heavy atom. The minimum atomic E-state index is 0.0507. The van der Waals surface area contributed by atoms with E-state index in [1.807, 2.05) is 37.3 Å². The van der Waals surface area contributed by atoms with Gasteiger partial charge in [-0.05, 0) is 61.8 Å². The zero-order valence-electron chi connectivity index (χ0n) is 13.3. The van der Waals surface area contributed by atoms with Crippen molar-refractivity contribution in [3.8, 4) is 11.8 Å². The first-order valence-electron chi connectivity index (χ1n) is 7.90. The highest BCUT2D eigenvalue weighted by atomic mass is 32.1. The Kier molecular flexibility index (Phi) is 6.82. The number of nitriles is 1. The molecule has 1 aromatic rings. The summed E-state index contributed by atoms with van der Waals surface area (Å²) in [5.74, 6) is 0.672. The molecule has 0 unspecified atom stereocenters. The van der Waals surface area contributed by atoms with Gasteiger partial charge in [0, 0.05) is 6.04 Å². The summed E-state index contributed by atoms with van der Waals surface area (Å²) >= 11 is 5.29. The smallest absolute Gasteiger partial charge is 0.187 e. The van der Waals surface area contributed by atoms with Crippen LogP contribution in [-0.2, 0) is 0 Å². The average Bonchev–Trinajstić information content (AvgIpc) is 2.59. The van der Waals surface area contributed by atoms with Gasteiger partial charge in [-0.1, -0.05) is 19.3 Å². The molecule has 0 spiro atoms. The third-order valence-electron chi connectivity index (χ3n) is 3.84. The van der Waals surface area contributed by atoms with Crippen molar-refractivity contribution >= 4 is 23.0 Å². The van der Waals surface area contributed by atoms with Crippen LogP contribution in [0.25, 0.3) is 0 Å². The molecule has 0 aliphatic heterocycles. The number of hydrogen-bond donors (Lipinski definition) is 2. The Morgan fingerprint density at radius 1 is 1.30 bits per heavy atom. The highest BCUT2D eigenvalue weighted by molar-refractivity contribution is 7.80. The van der Waals surface area contributed by atoms with Gasteiger partial charge in [0.2, 0.25) is 0 Å². The number of hydrazone groups is 1. The molecule has 0 saturated heterocycles. The molecule has 2 rings (SSSR count). The normalized spacial score (nSPS) is 15.6. The Balaban J connectivity index is 1.83. The van der Waals surface area contributed by atoms with E-state index in [2.05, 4.69) is 15.8 Å². The molecule has 0 bridgehead atoms. The van der Waals surface area contributed by atoms with E-state index in [-0.39, 0.29) is 6.61 Å². The van der Waals surface area contributed by atoms with E-state index >= 15 is 0 Å². The number of ether oxygens (including phenoxy) is 1. The Hall–Kier alpha value is -2.13. The van der Waals surface area contributed by atoms with Crippen LogP contribution in [0.1, 0.15) is 44.6 Å². The van der Waals surface area contributed by atoms with E-state index in [1.165, 1.54) is 32.1 Å². The number of benzene rings is 1. The molecule has 0 aromatic heterocycles. The SMILES string of the molecule is C/C(=N/NC(=S)NC1CCCCC1)c1ccc(OCC#N)cc1. The van der Waals surface area contributed by atoms with Crippen molar-refractivity contribution in [3.63, 3.8) is 0 Å². The molecule has 122 valence electrons. The van der Waals surface area contributed by atoms with E-state index in [9.17, 15) is 0 Å². The Morgan fingerprint density at radius 3 is 2.65 bits per heavy atom. The van der Waals surface area contributed by atoms with Crippen LogP contribution >= 0.6 is 12.2 Å². The molecule has 23 heavy (non-hydrogen) atoms. The van der Waals surface area contributed by atoms with E-state index in [0.29, 0.717) is 16.9 Å². The number of thiocarbonyl (C=S) groups is 1. The fourth-order valence-electron chi connectivity index (χ4n) is 2.57. The van der Waals surface area contributed by atoms with Gasteiger partial charge in [0.05, 0.1) is 5.71 Å². The number of nitrogens with zero attached hydrogens (tertiary/aromatic N) is 2. The van der Waals surface area contributed by atoms with Gasteiger partial charge >= 0.3 is 0 Å². The molecule has 0 heterocycles. The molecule has 0 radical (unpaired) electrons. The lowest BCUT2D eigenvalue weighted by atomic mass is 9.96. The molecular formula is C17H22N4OS. The third-order valence-corrected chi connectivity index (χ3v) is 4.05. The summed E-state index contributed by atoms with van der Waals surface area (Å²) in [6.45, 7) is 1.97. The quantitative estimate of drug-likeness (QED) is 0.493. The topological polar surface area (TPSA) is 69.4 Å². The van der Waals surface area contributed by atoms with Crippen LogP contribution in [0, 0.1) is 11.3 Å².